The van der Waals surface area contributed by atoms with Gasteiger partial charge in [-0.2, -0.15) is 0 Å². The van der Waals surface area contributed by atoms with Crippen LogP contribution in [-0.4, -0.2) is 47.4 Å². The summed E-state index contributed by atoms with van der Waals surface area (Å²) < 4.78 is 5.50. The van der Waals surface area contributed by atoms with Crippen LogP contribution in [-0.2, 0) is 14.3 Å². The number of amides is 1. The number of rotatable bonds is 67. The molecule has 0 aliphatic rings. The molecule has 6 nitrogen and oxygen atoms in total. The van der Waals surface area contributed by atoms with Gasteiger partial charge in [-0.15, -0.1) is 0 Å². The fourth-order valence-corrected chi connectivity index (χ4v) is 11.3. The van der Waals surface area contributed by atoms with Gasteiger partial charge in [0.2, 0.25) is 5.91 Å². The van der Waals surface area contributed by atoms with Crippen LogP contribution < -0.4 is 5.32 Å². The molecule has 0 rings (SSSR count). The second kappa shape index (κ2) is 67.8. The van der Waals surface area contributed by atoms with Crippen molar-refractivity contribution in [1.29, 1.82) is 0 Å². The molecule has 2 atom stereocenters. The summed E-state index contributed by atoms with van der Waals surface area (Å²) in [5.74, 6) is -0.0179. The van der Waals surface area contributed by atoms with Crippen LogP contribution in [0.3, 0.4) is 0 Å². The van der Waals surface area contributed by atoms with Gasteiger partial charge in [-0.3, -0.25) is 9.59 Å². The highest BCUT2D eigenvalue weighted by Gasteiger charge is 2.20. The third-order valence-corrected chi connectivity index (χ3v) is 16.7. The molecule has 0 heterocycles. The van der Waals surface area contributed by atoms with Gasteiger partial charge in [0.15, 0.2) is 0 Å². The highest BCUT2D eigenvalue weighted by atomic mass is 16.5. The quantitative estimate of drug-likeness (QED) is 0.0320. The number of aliphatic hydroxyl groups is 2. The molecule has 0 fully saturated rings. The standard InChI is InChI=1S/C72H139NO5/c1-3-5-7-9-11-13-15-16-17-40-43-46-50-54-58-62-66-72(77)78-67-63-59-55-51-47-44-41-38-36-34-32-30-28-26-24-22-20-18-19-21-23-25-27-29-31-33-35-37-39-42-45-49-53-57-61-65-71(76)73-69(68-74)70(75)64-60-56-52-48-14-12-10-8-6-4-2/h17,20,22,40,69-70,74-75H,3-16,18-19,21,23-39,41-68H2,1-2H3,(H,73,76)/b22-20-,40-17-. The molecule has 0 aromatic rings. The van der Waals surface area contributed by atoms with Crippen molar-refractivity contribution in [3.8, 4) is 0 Å². The molecule has 6 heteroatoms. The second-order valence-corrected chi connectivity index (χ2v) is 24.6. The largest absolute Gasteiger partial charge is 0.466 e. The van der Waals surface area contributed by atoms with Gasteiger partial charge in [-0.05, 0) is 77.0 Å². The number of hydrogen-bond acceptors (Lipinski definition) is 5. The number of allylic oxidation sites excluding steroid dienone is 4. The minimum Gasteiger partial charge on any atom is -0.466 e. The molecule has 3 N–H and O–H groups in total. The number of esters is 1. The molecule has 462 valence electrons. The SMILES string of the molecule is CCCCCCCCC/C=C\CCCCCCCC(=O)OCCCCCCCCCCCCCCCC/C=C\CCCCCCCCCCCCCCCCCCCC(=O)NC(CO)C(O)CCCCCCCCCCCC. The first-order chi connectivity index (χ1) is 38.5. The zero-order valence-corrected chi connectivity index (χ0v) is 52.9. The van der Waals surface area contributed by atoms with Crippen molar-refractivity contribution in [2.75, 3.05) is 13.2 Å². The van der Waals surface area contributed by atoms with E-state index in [1.54, 1.807) is 0 Å². The van der Waals surface area contributed by atoms with Crippen LogP contribution in [0.1, 0.15) is 399 Å². The number of nitrogens with one attached hydrogen (secondary N) is 1. The van der Waals surface area contributed by atoms with Crippen LogP contribution in [0.4, 0.5) is 0 Å². The predicted octanol–water partition coefficient (Wildman–Crippen LogP) is 22.9. The maximum absolute atomic E-state index is 12.4. The van der Waals surface area contributed by atoms with Crippen LogP contribution >= 0.6 is 0 Å². The van der Waals surface area contributed by atoms with E-state index in [9.17, 15) is 19.8 Å². The van der Waals surface area contributed by atoms with Crippen molar-refractivity contribution < 1.29 is 24.5 Å². The average molecular weight is 1100 g/mol. The monoisotopic (exact) mass is 1100 g/mol. The van der Waals surface area contributed by atoms with E-state index in [0.717, 1.165) is 44.9 Å². The van der Waals surface area contributed by atoms with Crippen LogP contribution in [0, 0.1) is 0 Å². The van der Waals surface area contributed by atoms with Crippen molar-refractivity contribution in [3.63, 3.8) is 0 Å². The molecule has 0 saturated carbocycles. The van der Waals surface area contributed by atoms with Gasteiger partial charge >= 0.3 is 5.97 Å². The number of hydrogen-bond donors (Lipinski definition) is 3. The van der Waals surface area contributed by atoms with Crippen LogP contribution in [0.15, 0.2) is 24.3 Å². The zero-order chi connectivity index (χ0) is 56.4. The number of carbonyl (C=O) groups excluding carboxylic acids is 2. The molecule has 0 aromatic heterocycles. The molecule has 0 spiro atoms. The lowest BCUT2D eigenvalue weighted by atomic mass is 10.0. The molecule has 0 aliphatic carbocycles. The molecule has 0 bridgehead atoms. The van der Waals surface area contributed by atoms with Gasteiger partial charge in [0.1, 0.15) is 0 Å². The van der Waals surface area contributed by atoms with Crippen LogP contribution in [0.5, 0.6) is 0 Å². The summed E-state index contributed by atoms with van der Waals surface area (Å²) in [6, 6.07) is -0.536. The van der Waals surface area contributed by atoms with Crippen molar-refractivity contribution in [1.82, 2.24) is 5.32 Å². The molecule has 0 radical (unpaired) electrons. The summed E-state index contributed by atoms with van der Waals surface area (Å²) in [6.07, 6.45) is 85.4. The Morgan fingerprint density at radius 1 is 0.346 bits per heavy atom. The Bertz CT molecular complexity index is 1220. The fraction of sp³-hybridized carbons (Fsp3) is 0.917. The number of aliphatic hydroxyl groups excluding tert-OH is 2. The summed E-state index contributed by atoms with van der Waals surface area (Å²) in [6.45, 7) is 4.96. The normalized spacial score (nSPS) is 12.6. The minimum absolute atomic E-state index is 0.0133. The van der Waals surface area contributed by atoms with Crippen LogP contribution in [0.2, 0.25) is 0 Å². The van der Waals surface area contributed by atoms with E-state index < -0.39 is 12.1 Å². The van der Waals surface area contributed by atoms with Crippen molar-refractivity contribution >= 4 is 11.9 Å². The topological polar surface area (TPSA) is 95.9 Å². The maximum atomic E-state index is 12.4. The Kier molecular flexibility index (Phi) is 66.4. The Balaban J connectivity index is 3.31. The third kappa shape index (κ3) is 63.5. The first kappa shape index (κ1) is 76.3. The molecule has 2 unspecified atom stereocenters. The van der Waals surface area contributed by atoms with Crippen molar-refractivity contribution in [3.05, 3.63) is 24.3 Å². The maximum Gasteiger partial charge on any atom is 0.305 e. The van der Waals surface area contributed by atoms with E-state index in [-0.39, 0.29) is 18.5 Å². The zero-order valence-electron chi connectivity index (χ0n) is 52.9. The first-order valence-corrected chi connectivity index (χ1v) is 35.6. The van der Waals surface area contributed by atoms with E-state index in [4.69, 9.17) is 4.74 Å². The highest BCUT2D eigenvalue weighted by Crippen LogP contribution is 2.19. The average Bonchev–Trinajstić information content (AvgIpc) is 3.44. The minimum atomic E-state index is -0.659. The lowest BCUT2D eigenvalue weighted by Crippen LogP contribution is -2.45. The van der Waals surface area contributed by atoms with Gasteiger partial charge in [-0.25, -0.2) is 0 Å². The number of unbranched alkanes of at least 4 members (excludes halogenated alkanes) is 52. The van der Waals surface area contributed by atoms with E-state index >= 15 is 0 Å². The smallest absolute Gasteiger partial charge is 0.305 e. The van der Waals surface area contributed by atoms with Gasteiger partial charge < -0.3 is 20.3 Å². The molecular formula is C72H139NO5. The summed E-state index contributed by atoms with van der Waals surface area (Å²) in [7, 11) is 0. The van der Waals surface area contributed by atoms with E-state index in [1.165, 1.54) is 321 Å². The second-order valence-electron chi connectivity index (χ2n) is 24.6. The van der Waals surface area contributed by atoms with Gasteiger partial charge in [0.25, 0.3) is 0 Å². The van der Waals surface area contributed by atoms with Gasteiger partial charge in [-0.1, -0.05) is 334 Å². The fourth-order valence-electron chi connectivity index (χ4n) is 11.3. The lowest BCUT2D eigenvalue weighted by molar-refractivity contribution is -0.143. The molecule has 0 aromatic carbocycles. The highest BCUT2D eigenvalue weighted by molar-refractivity contribution is 5.76. The predicted molar refractivity (Wildman–Crippen MR) is 343 cm³/mol. The van der Waals surface area contributed by atoms with Crippen LogP contribution in [0.25, 0.3) is 0 Å². The van der Waals surface area contributed by atoms with Gasteiger partial charge in [0, 0.05) is 12.8 Å². The summed E-state index contributed by atoms with van der Waals surface area (Å²) in [5, 5.41) is 23.2. The molecule has 78 heavy (non-hydrogen) atoms. The molecule has 0 saturated heterocycles. The van der Waals surface area contributed by atoms with E-state index in [2.05, 4.69) is 43.5 Å². The number of ether oxygens (including phenoxy) is 1. The van der Waals surface area contributed by atoms with Gasteiger partial charge in [0.05, 0.1) is 25.4 Å². The Hall–Kier alpha value is -1.66. The van der Waals surface area contributed by atoms with E-state index in [1.807, 2.05) is 0 Å². The first-order valence-electron chi connectivity index (χ1n) is 35.6. The molecular weight excluding hydrogens is 959 g/mol. The Labute approximate surface area is 488 Å². The Morgan fingerprint density at radius 2 is 0.603 bits per heavy atom. The molecule has 1 amide bonds. The van der Waals surface area contributed by atoms with Crippen molar-refractivity contribution in [2.24, 2.45) is 0 Å². The molecule has 0 aliphatic heterocycles. The third-order valence-electron chi connectivity index (χ3n) is 16.7. The summed E-state index contributed by atoms with van der Waals surface area (Å²) in [4.78, 5) is 24.5. The number of carbonyl (C=O) groups is 2. The lowest BCUT2D eigenvalue weighted by Gasteiger charge is -2.22. The summed E-state index contributed by atoms with van der Waals surface area (Å²) >= 11 is 0. The van der Waals surface area contributed by atoms with Crippen molar-refractivity contribution in [2.45, 2.75) is 411 Å². The van der Waals surface area contributed by atoms with E-state index in [0.29, 0.717) is 25.9 Å². The Morgan fingerprint density at radius 3 is 0.910 bits per heavy atom. The summed E-state index contributed by atoms with van der Waals surface area (Å²) in [5.41, 5.74) is 0.